The molecule has 146 valence electrons. The Labute approximate surface area is 151 Å². The molecule has 0 amide bonds. The van der Waals surface area contributed by atoms with E-state index < -0.39 is 15.9 Å². The summed E-state index contributed by atoms with van der Waals surface area (Å²) >= 11 is 0. The molecule has 0 rings (SSSR count). The third-order valence-corrected chi connectivity index (χ3v) is 10.4. The van der Waals surface area contributed by atoms with Gasteiger partial charge >= 0.3 is 8.80 Å². The molecule has 0 heterocycles. The molecule has 0 aliphatic rings. The van der Waals surface area contributed by atoms with Crippen LogP contribution in [0.15, 0.2) is 0 Å². The van der Waals surface area contributed by atoms with Gasteiger partial charge in [0.25, 0.3) is 0 Å². The maximum atomic E-state index is 13.0. The van der Waals surface area contributed by atoms with Crippen LogP contribution in [0.3, 0.4) is 0 Å². The summed E-state index contributed by atoms with van der Waals surface area (Å²) in [6.07, 6.45) is 8.34. The van der Waals surface area contributed by atoms with Gasteiger partial charge < -0.3 is 17.8 Å². The summed E-state index contributed by atoms with van der Waals surface area (Å²) in [5, 5.41) is 0. The van der Waals surface area contributed by atoms with Gasteiger partial charge in [-0.15, -0.1) is 0 Å². The molecule has 0 aliphatic carbocycles. The lowest BCUT2D eigenvalue weighted by Crippen LogP contribution is -2.46. The van der Waals surface area contributed by atoms with Gasteiger partial charge in [0.2, 0.25) is 0 Å². The van der Waals surface area contributed by atoms with Crippen molar-refractivity contribution in [1.82, 2.24) is 0 Å². The van der Waals surface area contributed by atoms with E-state index in [1.54, 1.807) is 0 Å². The topological polar surface area (TPSA) is 44.8 Å². The van der Waals surface area contributed by atoms with E-state index in [1.807, 2.05) is 0 Å². The highest BCUT2D eigenvalue weighted by atomic mass is 31.2. The summed E-state index contributed by atoms with van der Waals surface area (Å²) in [5.41, 5.74) is 0. The number of rotatable bonds is 17. The molecule has 0 saturated heterocycles. The van der Waals surface area contributed by atoms with Crippen LogP contribution in [0.1, 0.15) is 73.1 Å². The highest BCUT2D eigenvalue weighted by Gasteiger charge is 2.41. The second-order valence-electron chi connectivity index (χ2n) is 6.56. The fraction of sp³-hybridized carbons (Fsp3) is 1.00. The molecule has 0 atom stereocenters. The summed E-state index contributed by atoms with van der Waals surface area (Å²) in [5.74, 6) is 0. The molecule has 0 bridgehead atoms. The van der Waals surface area contributed by atoms with Crippen molar-refractivity contribution in [2.45, 2.75) is 79.2 Å². The van der Waals surface area contributed by atoms with Crippen LogP contribution in [0.25, 0.3) is 0 Å². The van der Waals surface area contributed by atoms with Gasteiger partial charge in [0.05, 0.1) is 7.14 Å². The molecule has 0 spiro atoms. The second-order valence-corrected chi connectivity index (χ2v) is 12.8. The number of hydrogen-bond donors (Lipinski definition) is 0. The lowest BCUT2D eigenvalue weighted by molar-refractivity contribution is 0.0591. The first kappa shape index (κ1) is 24.3. The fourth-order valence-corrected chi connectivity index (χ4v) is 9.02. The van der Waals surface area contributed by atoms with E-state index in [1.165, 1.54) is 0 Å². The predicted molar refractivity (Wildman–Crippen MR) is 107 cm³/mol. The van der Waals surface area contributed by atoms with Crippen LogP contribution >= 0.6 is 7.14 Å². The van der Waals surface area contributed by atoms with Crippen molar-refractivity contribution < 1.29 is 17.8 Å². The van der Waals surface area contributed by atoms with Crippen LogP contribution in [-0.2, 0) is 17.8 Å². The van der Waals surface area contributed by atoms with Crippen molar-refractivity contribution in [3.8, 4) is 0 Å². The standard InChI is InChI=1S/C18H41O4PSi/c1-6-12-20-24(21-13-7-2,22-14-8-3)18-11-17-23(19,15-9-4)16-10-5/h6-18H2,1-5H3. The van der Waals surface area contributed by atoms with Gasteiger partial charge in [0.1, 0.15) is 0 Å². The first-order valence-electron chi connectivity index (χ1n) is 10.00. The lowest BCUT2D eigenvalue weighted by Gasteiger charge is -2.30. The zero-order valence-electron chi connectivity index (χ0n) is 16.8. The van der Waals surface area contributed by atoms with Crippen LogP contribution in [0, 0.1) is 0 Å². The minimum absolute atomic E-state index is 0.682. The average Bonchev–Trinajstić information content (AvgIpc) is 2.56. The SMILES string of the molecule is CCCO[Si](CCCP(=O)(CCC)CCC)(OCCC)OCCC. The minimum Gasteiger partial charge on any atom is -0.373 e. The fourth-order valence-electron chi connectivity index (χ4n) is 2.85. The van der Waals surface area contributed by atoms with Crippen LogP contribution in [0.2, 0.25) is 6.04 Å². The highest BCUT2D eigenvalue weighted by molar-refractivity contribution is 7.63. The molecule has 0 fully saturated rings. The molecule has 0 aliphatic heterocycles. The highest BCUT2D eigenvalue weighted by Crippen LogP contribution is 2.48. The van der Waals surface area contributed by atoms with Crippen molar-refractivity contribution >= 4 is 15.9 Å². The maximum Gasteiger partial charge on any atom is 0.500 e. The minimum atomic E-state index is -2.63. The quantitative estimate of drug-likeness (QED) is 0.237. The smallest absolute Gasteiger partial charge is 0.373 e. The maximum absolute atomic E-state index is 13.0. The Hall–Kier alpha value is 0.327. The van der Waals surface area contributed by atoms with Crippen LogP contribution < -0.4 is 0 Å². The van der Waals surface area contributed by atoms with Gasteiger partial charge in [0.15, 0.2) is 0 Å². The van der Waals surface area contributed by atoms with Crippen molar-refractivity contribution in [3.63, 3.8) is 0 Å². The molecule has 0 aromatic rings. The summed E-state index contributed by atoms with van der Waals surface area (Å²) in [6, 6.07) is 0.796. The van der Waals surface area contributed by atoms with Gasteiger partial charge in [-0.25, -0.2) is 0 Å². The normalized spacial score (nSPS) is 12.7. The van der Waals surface area contributed by atoms with Gasteiger partial charge in [-0.05, 0) is 38.5 Å². The van der Waals surface area contributed by atoms with Crippen LogP contribution in [0.4, 0.5) is 0 Å². The molecule has 0 aromatic carbocycles. The molecule has 0 radical (unpaired) electrons. The average molecular weight is 381 g/mol. The third-order valence-electron chi connectivity index (χ3n) is 3.89. The van der Waals surface area contributed by atoms with Gasteiger partial charge in [0, 0.05) is 44.4 Å². The van der Waals surface area contributed by atoms with E-state index in [4.69, 9.17) is 13.3 Å². The van der Waals surface area contributed by atoms with E-state index in [9.17, 15) is 4.57 Å². The van der Waals surface area contributed by atoms with Crippen molar-refractivity contribution in [2.24, 2.45) is 0 Å². The van der Waals surface area contributed by atoms with E-state index in [0.717, 1.165) is 63.1 Å². The summed E-state index contributed by atoms with van der Waals surface area (Å²) in [4.78, 5) is 0. The summed E-state index contributed by atoms with van der Waals surface area (Å²) in [6.45, 7) is 12.6. The van der Waals surface area contributed by atoms with Crippen molar-refractivity contribution in [3.05, 3.63) is 0 Å². The van der Waals surface area contributed by atoms with Crippen molar-refractivity contribution in [1.29, 1.82) is 0 Å². The van der Waals surface area contributed by atoms with Gasteiger partial charge in [-0.3, -0.25) is 0 Å². The summed E-state index contributed by atoms with van der Waals surface area (Å²) < 4.78 is 31.4. The molecule has 0 N–H and O–H groups in total. The Kier molecular flexibility index (Phi) is 14.7. The molecule has 0 saturated carbocycles. The monoisotopic (exact) mass is 380 g/mol. The Balaban J connectivity index is 4.83. The zero-order valence-corrected chi connectivity index (χ0v) is 18.7. The number of hydrogen-bond acceptors (Lipinski definition) is 4. The zero-order chi connectivity index (χ0) is 18.3. The predicted octanol–water partition coefficient (Wildman–Crippen LogP) is 5.78. The largest absolute Gasteiger partial charge is 0.500 e. The Morgan fingerprint density at radius 1 is 0.667 bits per heavy atom. The van der Waals surface area contributed by atoms with Gasteiger partial charge in [-0.2, -0.15) is 0 Å². The Morgan fingerprint density at radius 2 is 1.08 bits per heavy atom. The second kappa shape index (κ2) is 14.5. The van der Waals surface area contributed by atoms with E-state index in [-0.39, 0.29) is 0 Å². The van der Waals surface area contributed by atoms with Crippen LogP contribution in [-0.4, -0.2) is 47.1 Å². The first-order chi connectivity index (χ1) is 11.5. The molecule has 4 nitrogen and oxygen atoms in total. The van der Waals surface area contributed by atoms with E-state index >= 15 is 0 Å². The molecule has 0 unspecified atom stereocenters. The van der Waals surface area contributed by atoms with Crippen LogP contribution in [0.5, 0.6) is 0 Å². The lowest BCUT2D eigenvalue weighted by atomic mass is 10.5. The Bertz CT molecular complexity index is 307. The third kappa shape index (κ3) is 10.3. The molecule has 0 aromatic heterocycles. The van der Waals surface area contributed by atoms with Crippen molar-refractivity contribution in [2.75, 3.05) is 38.3 Å². The van der Waals surface area contributed by atoms with Gasteiger partial charge in [-0.1, -0.05) is 34.6 Å². The molecular weight excluding hydrogens is 339 g/mol. The van der Waals surface area contributed by atoms with E-state index in [0.29, 0.717) is 19.8 Å². The Morgan fingerprint density at radius 3 is 1.42 bits per heavy atom. The molecule has 24 heavy (non-hydrogen) atoms. The molecule has 6 heteroatoms. The van der Waals surface area contributed by atoms with E-state index in [2.05, 4.69) is 34.6 Å². The summed E-state index contributed by atoms with van der Waals surface area (Å²) in [7, 11) is -4.65. The first-order valence-corrected chi connectivity index (χ1v) is 14.2. The molecular formula is C18H41O4PSi.